The van der Waals surface area contributed by atoms with E-state index in [-0.39, 0.29) is 22.5 Å². The number of nitrogens with zero attached hydrogens (tertiary/aromatic N) is 2. The number of amides is 2. The number of benzene rings is 1. The number of hydrogen-bond donors (Lipinski definition) is 1. The highest BCUT2D eigenvalue weighted by Crippen LogP contribution is 2.32. The Morgan fingerprint density at radius 3 is 2.56 bits per heavy atom. The molecule has 0 bridgehead atoms. The van der Waals surface area contributed by atoms with Gasteiger partial charge in [0.25, 0.3) is 5.91 Å². The van der Waals surface area contributed by atoms with Crippen LogP contribution in [0.1, 0.15) is 41.8 Å². The van der Waals surface area contributed by atoms with Gasteiger partial charge in [0.2, 0.25) is 15.9 Å². The zero-order chi connectivity index (χ0) is 22.7. The van der Waals surface area contributed by atoms with Gasteiger partial charge in [-0.05, 0) is 55.3 Å². The zero-order valence-corrected chi connectivity index (χ0v) is 19.6. The van der Waals surface area contributed by atoms with Crippen LogP contribution in [0.25, 0.3) is 0 Å². The van der Waals surface area contributed by atoms with Gasteiger partial charge >= 0.3 is 0 Å². The summed E-state index contributed by atoms with van der Waals surface area (Å²) in [7, 11) is -2.32. The summed E-state index contributed by atoms with van der Waals surface area (Å²) < 4.78 is 33.2. The van der Waals surface area contributed by atoms with Crippen LogP contribution in [0.2, 0.25) is 0 Å². The summed E-state index contributed by atoms with van der Waals surface area (Å²) in [4.78, 5) is 28.0. The van der Waals surface area contributed by atoms with Crippen molar-refractivity contribution in [2.45, 2.75) is 43.0 Å². The molecule has 2 amide bonds. The highest BCUT2D eigenvalue weighted by atomic mass is 32.2. The van der Waals surface area contributed by atoms with E-state index in [0.717, 1.165) is 25.7 Å². The van der Waals surface area contributed by atoms with Gasteiger partial charge in [0.1, 0.15) is 16.7 Å². The van der Waals surface area contributed by atoms with Crippen LogP contribution >= 0.6 is 11.3 Å². The van der Waals surface area contributed by atoms with Crippen LogP contribution in [0.15, 0.2) is 40.6 Å². The van der Waals surface area contributed by atoms with Crippen molar-refractivity contribution in [3.8, 4) is 5.75 Å². The van der Waals surface area contributed by atoms with E-state index in [1.54, 1.807) is 23.1 Å². The van der Waals surface area contributed by atoms with Crippen molar-refractivity contribution in [1.82, 2.24) is 9.21 Å². The number of hydrogen-bond acceptors (Lipinski definition) is 6. The Labute approximate surface area is 192 Å². The molecule has 2 aromatic rings. The normalized spacial score (nSPS) is 19.7. The quantitative estimate of drug-likeness (QED) is 0.689. The van der Waals surface area contributed by atoms with E-state index in [9.17, 15) is 18.0 Å². The number of sulfonamides is 1. The monoisotopic (exact) mass is 477 g/mol. The molecule has 0 unspecified atom stereocenters. The predicted octanol–water partition coefficient (Wildman–Crippen LogP) is 3.17. The lowest BCUT2D eigenvalue weighted by atomic mass is 10.2. The van der Waals surface area contributed by atoms with E-state index in [1.807, 2.05) is 11.4 Å². The number of rotatable bonds is 6. The van der Waals surface area contributed by atoms with Crippen LogP contribution in [0.3, 0.4) is 0 Å². The summed E-state index contributed by atoms with van der Waals surface area (Å²) in [6.07, 6.45) is 3.98. The van der Waals surface area contributed by atoms with Gasteiger partial charge in [-0.15, -0.1) is 11.3 Å². The van der Waals surface area contributed by atoms with Gasteiger partial charge < -0.3 is 15.0 Å². The van der Waals surface area contributed by atoms with E-state index >= 15 is 0 Å². The van der Waals surface area contributed by atoms with Crippen molar-refractivity contribution in [1.29, 1.82) is 0 Å². The van der Waals surface area contributed by atoms with Crippen LogP contribution in [-0.4, -0.2) is 62.2 Å². The van der Waals surface area contributed by atoms with Gasteiger partial charge in [-0.2, -0.15) is 4.31 Å². The lowest BCUT2D eigenvalue weighted by Crippen LogP contribution is -2.43. The Morgan fingerprint density at radius 1 is 1.09 bits per heavy atom. The van der Waals surface area contributed by atoms with Crippen LogP contribution in [0.4, 0.5) is 5.69 Å². The van der Waals surface area contributed by atoms with Crippen molar-refractivity contribution in [2.24, 2.45) is 0 Å². The molecule has 1 aromatic carbocycles. The van der Waals surface area contributed by atoms with Crippen molar-refractivity contribution in [2.75, 3.05) is 32.1 Å². The second kappa shape index (κ2) is 9.60. The Balaban J connectivity index is 1.54. The molecule has 4 rings (SSSR count). The first kappa shape index (κ1) is 22.8. The van der Waals surface area contributed by atoms with E-state index in [0.29, 0.717) is 36.6 Å². The van der Waals surface area contributed by atoms with Gasteiger partial charge in [-0.3, -0.25) is 9.59 Å². The molecule has 1 atom stereocenters. The Morgan fingerprint density at radius 2 is 1.88 bits per heavy atom. The highest BCUT2D eigenvalue weighted by molar-refractivity contribution is 7.89. The molecule has 0 aliphatic carbocycles. The largest absolute Gasteiger partial charge is 0.495 e. The number of nitrogens with one attached hydrogen (secondary N) is 1. The number of anilines is 1. The topological polar surface area (TPSA) is 96.0 Å². The summed E-state index contributed by atoms with van der Waals surface area (Å²) in [6.45, 7) is 1.47. The second-order valence-corrected chi connectivity index (χ2v) is 10.8. The fourth-order valence-corrected chi connectivity index (χ4v) is 6.63. The predicted molar refractivity (Wildman–Crippen MR) is 123 cm³/mol. The average Bonchev–Trinajstić information content (AvgIpc) is 3.51. The maximum Gasteiger partial charge on any atom is 0.264 e. The van der Waals surface area contributed by atoms with E-state index in [1.165, 1.54) is 28.8 Å². The summed E-state index contributed by atoms with van der Waals surface area (Å²) in [5.74, 6) is -0.233. The minimum absolute atomic E-state index is 0.0395. The first-order chi connectivity index (χ1) is 15.4. The first-order valence-electron chi connectivity index (χ1n) is 10.8. The van der Waals surface area contributed by atoms with Gasteiger partial charge in [-0.25, -0.2) is 8.42 Å². The maximum absolute atomic E-state index is 13.2. The lowest BCUT2D eigenvalue weighted by molar-refractivity contribution is -0.119. The van der Waals surface area contributed by atoms with E-state index in [4.69, 9.17) is 4.74 Å². The molecule has 2 saturated heterocycles. The number of methoxy groups -OCH3 is 1. The third-order valence-electron chi connectivity index (χ3n) is 5.91. The molecule has 32 heavy (non-hydrogen) atoms. The molecule has 8 nitrogen and oxygen atoms in total. The average molecular weight is 478 g/mol. The standard InChI is InChI=1S/C22H27N3O5S2/c1-30-18-10-9-16(15-20(18)32(28,29)24-11-3-2-4-12-24)23-21(26)17-7-5-13-25(17)22(27)19-8-6-14-31-19/h6,8-10,14-15,17H,2-5,7,11-13H2,1H3,(H,23,26)/t17-/m0/s1. The Hall–Kier alpha value is -2.43. The molecule has 172 valence electrons. The maximum atomic E-state index is 13.2. The molecule has 2 aliphatic heterocycles. The van der Waals surface area contributed by atoms with Gasteiger partial charge in [0.05, 0.1) is 12.0 Å². The van der Waals surface area contributed by atoms with Gasteiger partial charge in [0, 0.05) is 25.3 Å². The molecular weight excluding hydrogens is 450 g/mol. The SMILES string of the molecule is COc1ccc(NC(=O)[C@@H]2CCCN2C(=O)c2cccs2)cc1S(=O)(=O)N1CCCCC1. The number of thiophene rings is 1. The summed E-state index contributed by atoms with van der Waals surface area (Å²) in [5, 5.41) is 4.65. The third-order valence-corrected chi connectivity index (χ3v) is 8.69. The van der Waals surface area contributed by atoms with Gasteiger partial charge in [0.15, 0.2) is 0 Å². The van der Waals surface area contributed by atoms with Crippen molar-refractivity contribution in [3.63, 3.8) is 0 Å². The number of piperidine rings is 1. The lowest BCUT2D eigenvalue weighted by Gasteiger charge is -2.27. The van der Waals surface area contributed by atoms with Crippen LogP contribution < -0.4 is 10.1 Å². The number of ether oxygens (including phenoxy) is 1. The van der Waals surface area contributed by atoms with Gasteiger partial charge in [-0.1, -0.05) is 12.5 Å². The van der Waals surface area contributed by atoms with Crippen molar-refractivity contribution >= 4 is 38.9 Å². The van der Waals surface area contributed by atoms with Crippen LogP contribution in [0, 0.1) is 0 Å². The van der Waals surface area contributed by atoms with Crippen LogP contribution in [0.5, 0.6) is 5.75 Å². The molecule has 10 heteroatoms. The van der Waals surface area contributed by atoms with E-state index in [2.05, 4.69) is 5.32 Å². The first-order valence-corrected chi connectivity index (χ1v) is 13.1. The molecular formula is C22H27N3O5S2. The minimum Gasteiger partial charge on any atom is -0.495 e. The molecule has 2 fully saturated rings. The van der Waals surface area contributed by atoms with E-state index < -0.39 is 16.1 Å². The molecule has 0 spiro atoms. The molecule has 0 radical (unpaired) electrons. The second-order valence-electron chi connectivity index (χ2n) is 7.95. The molecule has 1 aromatic heterocycles. The number of likely N-dealkylation sites (tertiary alicyclic amines) is 1. The zero-order valence-electron chi connectivity index (χ0n) is 18.0. The van der Waals surface area contributed by atoms with Crippen molar-refractivity contribution in [3.05, 3.63) is 40.6 Å². The Kier molecular flexibility index (Phi) is 6.82. The molecule has 0 saturated carbocycles. The Bertz CT molecular complexity index is 1080. The number of carbonyl (C=O) groups excluding carboxylic acids is 2. The number of carbonyl (C=O) groups is 2. The fraction of sp³-hybridized carbons (Fsp3) is 0.455. The molecule has 2 aliphatic rings. The molecule has 3 heterocycles. The van der Waals surface area contributed by atoms with Crippen LogP contribution in [-0.2, 0) is 14.8 Å². The third kappa shape index (κ3) is 4.53. The summed E-state index contributed by atoms with van der Waals surface area (Å²) in [5.41, 5.74) is 0.363. The fourth-order valence-electron chi connectivity index (χ4n) is 4.25. The summed E-state index contributed by atoms with van der Waals surface area (Å²) >= 11 is 1.35. The van der Waals surface area contributed by atoms with Crippen molar-refractivity contribution < 1.29 is 22.7 Å². The molecule has 1 N–H and O–H groups in total. The summed E-state index contributed by atoms with van der Waals surface area (Å²) in [6, 6.07) is 7.59. The minimum atomic E-state index is -3.74. The smallest absolute Gasteiger partial charge is 0.264 e. The highest BCUT2D eigenvalue weighted by Gasteiger charge is 2.35.